The Kier molecular flexibility index (Phi) is 5.07. The first kappa shape index (κ1) is 19.8. The summed E-state index contributed by atoms with van der Waals surface area (Å²) in [6, 6.07) is 10.1. The van der Waals surface area contributed by atoms with Gasteiger partial charge >= 0.3 is 0 Å². The minimum Gasteiger partial charge on any atom is -0.493 e. The molecule has 1 atom stereocenters. The number of primary amides is 1. The molecule has 2 N–H and O–H groups in total. The zero-order valence-electron chi connectivity index (χ0n) is 16.9. The van der Waals surface area contributed by atoms with Crippen molar-refractivity contribution in [3.05, 3.63) is 58.7 Å². The average Bonchev–Trinajstić information content (AvgIpc) is 3.07. The lowest BCUT2D eigenvalue weighted by atomic mass is 9.92. The quantitative estimate of drug-likeness (QED) is 0.797. The molecule has 0 aromatic heterocycles. The van der Waals surface area contributed by atoms with Crippen molar-refractivity contribution in [2.45, 2.75) is 25.6 Å². The summed E-state index contributed by atoms with van der Waals surface area (Å²) in [5, 5.41) is 0. The van der Waals surface area contributed by atoms with Crippen molar-refractivity contribution in [1.82, 2.24) is 9.80 Å². The maximum absolute atomic E-state index is 13.1. The molecule has 4 rings (SSSR count). The summed E-state index contributed by atoms with van der Waals surface area (Å²) in [6.07, 6.45) is 0.283. The van der Waals surface area contributed by atoms with Crippen LogP contribution in [0.3, 0.4) is 0 Å². The number of carbonyl (C=O) groups excluding carboxylic acids is 3. The first-order valence-electron chi connectivity index (χ1n) is 9.62. The number of carbonyl (C=O) groups is 3. The summed E-state index contributed by atoms with van der Waals surface area (Å²) in [4.78, 5) is 40.8. The molecule has 2 aliphatic rings. The van der Waals surface area contributed by atoms with E-state index in [-0.39, 0.29) is 31.3 Å². The zero-order valence-corrected chi connectivity index (χ0v) is 16.9. The van der Waals surface area contributed by atoms with Crippen molar-refractivity contribution in [1.29, 1.82) is 0 Å². The highest BCUT2D eigenvalue weighted by atomic mass is 16.5. The lowest BCUT2D eigenvalue weighted by molar-refractivity contribution is -0.141. The van der Waals surface area contributed by atoms with Crippen molar-refractivity contribution in [2.24, 2.45) is 5.73 Å². The molecule has 0 bridgehead atoms. The summed E-state index contributed by atoms with van der Waals surface area (Å²) in [6.45, 7) is 0.467. The molecule has 0 fully saturated rings. The van der Waals surface area contributed by atoms with E-state index in [9.17, 15) is 14.4 Å². The Morgan fingerprint density at radius 2 is 1.70 bits per heavy atom. The number of nitrogens with zero attached hydrogens (tertiary/aromatic N) is 2. The second-order valence-electron chi connectivity index (χ2n) is 7.44. The standard InChI is InChI=1S/C22H23N3O5/c1-29-18-8-14-7-17(21(23)27)25(11-15(14)9-19(18)30-2)20(26)12-24-10-13-5-3-4-6-16(13)22(24)28/h3-6,8-9,17H,7,10-12H2,1-2H3,(H2,23,27)/t17-/m0/s1. The fourth-order valence-corrected chi connectivity index (χ4v) is 4.13. The largest absolute Gasteiger partial charge is 0.493 e. The first-order chi connectivity index (χ1) is 14.4. The number of fused-ring (bicyclic) bond motifs is 2. The molecule has 2 heterocycles. The van der Waals surface area contributed by atoms with Gasteiger partial charge in [0.15, 0.2) is 11.5 Å². The maximum atomic E-state index is 13.1. The molecule has 0 saturated heterocycles. The Balaban J connectivity index is 1.58. The van der Waals surface area contributed by atoms with Crippen LogP contribution in [0.25, 0.3) is 0 Å². The molecule has 0 unspecified atom stereocenters. The Morgan fingerprint density at radius 1 is 1.03 bits per heavy atom. The third kappa shape index (κ3) is 3.34. The Morgan fingerprint density at radius 3 is 2.33 bits per heavy atom. The van der Waals surface area contributed by atoms with Crippen molar-refractivity contribution in [3.63, 3.8) is 0 Å². The lowest BCUT2D eigenvalue weighted by Crippen LogP contribution is -2.53. The van der Waals surface area contributed by atoms with Crippen molar-refractivity contribution in [2.75, 3.05) is 20.8 Å². The van der Waals surface area contributed by atoms with E-state index >= 15 is 0 Å². The van der Waals surface area contributed by atoms with Gasteiger partial charge in [-0.2, -0.15) is 0 Å². The third-order valence-electron chi connectivity index (χ3n) is 5.71. The topological polar surface area (TPSA) is 102 Å². The monoisotopic (exact) mass is 409 g/mol. The molecule has 2 aromatic carbocycles. The van der Waals surface area contributed by atoms with Gasteiger partial charge in [0.05, 0.1) is 14.2 Å². The van der Waals surface area contributed by atoms with Gasteiger partial charge in [0.1, 0.15) is 12.6 Å². The van der Waals surface area contributed by atoms with E-state index < -0.39 is 11.9 Å². The van der Waals surface area contributed by atoms with Crippen molar-refractivity contribution in [3.8, 4) is 11.5 Å². The van der Waals surface area contributed by atoms with Crippen LogP contribution in [0.1, 0.15) is 27.0 Å². The van der Waals surface area contributed by atoms with Crippen molar-refractivity contribution < 1.29 is 23.9 Å². The number of methoxy groups -OCH3 is 2. The SMILES string of the molecule is COc1cc2c(cc1OC)CN(C(=O)CN1Cc3ccccc3C1=O)[C@H](C(N)=O)C2. The lowest BCUT2D eigenvalue weighted by Gasteiger charge is -2.36. The zero-order chi connectivity index (χ0) is 21.4. The van der Waals surface area contributed by atoms with Gasteiger partial charge in [-0.05, 0) is 34.9 Å². The number of benzene rings is 2. The van der Waals surface area contributed by atoms with E-state index in [0.29, 0.717) is 23.6 Å². The number of nitrogens with two attached hydrogens (primary N) is 1. The Hall–Kier alpha value is -3.55. The van der Waals surface area contributed by atoms with E-state index in [1.807, 2.05) is 24.3 Å². The molecule has 2 aliphatic heterocycles. The molecule has 8 nitrogen and oxygen atoms in total. The Bertz CT molecular complexity index is 1040. The van der Waals surface area contributed by atoms with Gasteiger partial charge in [-0.1, -0.05) is 18.2 Å². The van der Waals surface area contributed by atoms with Gasteiger partial charge in [-0.3, -0.25) is 14.4 Å². The molecule has 30 heavy (non-hydrogen) atoms. The second kappa shape index (κ2) is 7.70. The van der Waals surface area contributed by atoms with Crippen LogP contribution < -0.4 is 15.2 Å². The van der Waals surface area contributed by atoms with Crippen LogP contribution in [0.15, 0.2) is 36.4 Å². The fraction of sp³-hybridized carbons (Fsp3) is 0.318. The average molecular weight is 409 g/mol. The normalized spacial score (nSPS) is 17.4. The molecule has 2 aromatic rings. The highest BCUT2D eigenvalue weighted by molar-refractivity contribution is 6.00. The van der Waals surface area contributed by atoms with Crippen LogP contribution in [0.5, 0.6) is 11.5 Å². The Labute approximate surface area is 174 Å². The van der Waals surface area contributed by atoms with Gasteiger partial charge < -0.3 is 25.0 Å². The highest BCUT2D eigenvalue weighted by Gasteiger charge is 2.36. The van der Waals surface area contributed by atoms with Crippen molar-refractivity contribution >= 4 is 17.7 Å². The summed E-state index contributed by atoms with van der Waals surface area (Å²) < 4.78 is 10.7. The maximum Gasteiger partial charge on any atom is 0.254 e. The molecule has 3 amide bonds. The fourth-order valence-electron chi connectivity index (χ4n) is 4.13. The number of ether oxygens (including phenoxy) is 2. The minimum atomic E-state index is -0.789. The predicted octanol–water partition coefficient (Wildman–Crippen LogP) is 1.10. The number of hydrogen-bond acceptors (Lipinski definition) is 5. The predicted molar refractivity (Wildman–Crippen MR) is 108 cm³/mol. The third-order valence-corrected chi connectivity index (χ3v) is 5.71. The number of hydrogen-bond donors (Lipinski definition) is 1. The molecular weight excluding hydrogens is 386 g/mol. The smallest absolute Gasteiger partial charge is 0.254 e. The molecular formula is C22H23N3O5. The summed E-state index contributed by atoms with van der Waals surface area (Å²) in [7, 11) is 3.08. The van der Waals surface area contributed by atoms with Gasteiger partial charge in [-0.25, -0.2) is 0 Å². The van der Waals surface area contributed by atoms with Gasteiger partial charge in [0.2, 0.25) is 11.8 Å². The van der Waals surface area contributed by atoms with Gasteiger partial charge in [0.25, 0.3) is 5.91 Å². The molecule has 0 aliphatic carbocycles. The van der Waals surface area contributed by atoms with E-state index in [0.717, 1.165) is 16.7 Å². The van der Waals surface area contributed by atoms with E-state index in [4.69, 9.17) is 15.2 Å². The van der Waals surface area contributed by atoms with Crippen LogP contribution in [0.2, 0.25) is 0 Å². The van der Waals surface area contributed by atoms with Gasteiger partial charge in [0, 0.05) is 25.1 Å². The van der Waals surface area contributed by atoms with Crippen LogP contribution in [-0.4, -0.2) is 54.3 Å². The molecule has 8 heteroatoms. The van der Waals surface area contributed by atoms with E-state index in [1.165, 1.54) is 9.80 Å². The van der Waals surface area contributed by atoms with Crippen LogP contribution in [0.4, 0.5) is 0 Å². The van der Waals surface area contributed by atoms with Crippen LogP contribution >= 0.6 is 0 Å². The summed E-state index contributed by atoms with van der Waals surface area (Å²) >= 11 is 0. The molecule has 156 valence electrons. The molecule has 0 spiro atoms. The highest BCUT2D eigenvalue weighted by Crippen LogP contribution is 2.35. The second-order valence-corrected chi connectivity index (χ2v) is 7.44. The number of rotatable bonds is 5. The van der Waals surface area contributed by atoms with Gasteiger partial charge in [-0.15, -0.1) is 0 Å². The van der Waals surface area contributed by atoms with Crippen LogP contribution in [-0.2, 0) is 29.1 Å². The summed E-state index contributed by atoms with van der Waals surface area (Å²) in [5.74, 6) is 0.0182. The molecule has 0 radical (unpaired) electrons. The van der Waals surface area contributed by atoms with E-state index in [1.54, 1.807) is 26.4 Å². The number of amides is 3. The van der Waals surface area contributed by atoms with E-state index in [2.05, 4.69) is 0 Å². The minimum absolute atomic E-state index is 0.111. The van der Waals surface area contributed by atoms with Crippen LogP contribution in [0, 0.1) is 0 Å². The summed E-state index contributed by atoms with van der Waals surface area (Å²) in [5.41, 5.74) is 8.85. The molecule has 0 saturated carbocycles. The first-order valence-corrected chi connectivity index (χ1v) is 9.62.